The van der Waals surface area contributed by atoms with Gasteiger partial charge in [-0.2, -0.15) is 0 Å². The minimum absolute atomic E-state index is 0.0151. The van der Waals surface area contributed by atoms with Crippen LogP contribution in [0.1, 0.15) is 42.7 Å². The van der Waals surface area contributed by atoms with E-state index in [0.717, 1.165) is 24.0 Å². The van der Waals surface area contributed by atoms with Crippen LogP contribution in [-0.2, 0) is 14.3 Å². The molecular formula is C27H28N2O5. The van der Waals surface area contributed by atoms with Crippen LogP contribution in [0.3, 0.4) is 0 Å². The number of amides is 2. The molecule has 2 unspecified atom stereocenters. The molecule has 2 aromatic carbocycles. The van der Waals surface area contributed by atoms with Crippen LogP contribution >= 0.6 is 0 Å². The Hall–Kier alpha value is -3.61. The molecule has 3 aliphatic rings. The summed E-state index contributed by atoms with van der Waals surface area (Å²) in [5.41, 5.74) is 4.64. The third-order valence-corrected chi connectivity index (χ3v) is 7.12. The highest BCUT2D eigenvalue weighted by Crippen LogP contribution is 2.44. The lowest BCUT2D eigenvalue weighted by atomic mass is 9.98. The number of fused-ring (bicyclic) bond motifs is 3. The predicted octanol–water partition coefficient (Wildman–Crippen LogP) is 3.94. The summed E-state index contributed by atoms with van der Waals surface area (Å²) in [6.45, 7) is 0.692. The standard InChI is InChI=1S/C27H28N2O5/c30-25(29-14-6-5-11-24(29)26(31)32)17-12-13-18(15-17)28-27(33)34-16-23-21-9-3-1-7-19(21)20-8-2-4-10-22(20)23/h1-4,7-10,12-13,17-18,23-24H,5-6,11,14-16H2,(H,28,33)(H,31,32)/t17?,18?,24-/m0/s1. The molecule has 1 fully saturated rings. The van der Waals surface area contributed by atoms with Crippen molar-refractivity contribution in [3.63, 3.8) is 0 Å². The lowest BCUT2D eigenvalue weighted by molar-refractivity contribution is -0.153. The second-order valence-electron chi connectivity index (χ2n) is 9.18. The zero-order valence-electron chi connectivity index (χ0n) is 18.9. The Kier molecular flexibility index (Phi) is 6.09. The smallest absolute Gasteiger partial charge is 0.407 e. The van der Waals surface area contributed by atoms with Crippen LogP contribution in [-0.4, -0.2) is 53.2 Å². The average Bonchev–Trinajstić information content (AvgIpc) is 3.45. The SMILES string of the molecule is O=C(NC1C=CC(C(=O)N2CCCC[C@H]2C(=O)O)C1)OCC1c2ccccc2-c2ccccc21. The zero-order chi connectivity index (χ0) is 23.7. The van der Waals surface area contributed by atoms with Crippen LogP contribution in [0.5, 0.6) is 0 Å². The van der Waals surface area contributed by atoms with Crippen molar-refractivity contribution in [3.8, 4) is 11.1 Å². The van der Waals surface area contributed by atoms with E-state index < -0.39 is 24.0 Å². The Morgan fingerprint density at radius 1 is 0.971 bits per heavy atom. The molecule has 1 aliphatic heterocycles. The fourth-order valence-corrected chi connectivity index (χ4v) is 5.45. The van der Waals surface area contributed by atoms with Gasteiger partial charge in [0.05, 0.1) is 12.0 Å². The van der Waals surface area contributed by atoms with E-state index >= 15 is 0 Å². The number of nitrogens with zero attached hydrogens (tertiary/aromatic N) is 1. The lowest BCUT2D eigenvalue weighted by Crippen LogP contribution is -2.50. The molecule has 1 saturated heterocycles. The van der Waals surface area contributed by atoms with Gasteiger partial charge >= 0.3 is 12.1 Å². The maximum absolute atomic E-state index is 12.9. The number of hydrogen-bond donors (Lipinski definition) is 2. The van der Waals surface area contributed by atoms with Crippen molar-refractivity contribution in [2.45, 2.75) is 43.7 Å². The number of benzene rings is 2. The maximum Gasteiger partial charge on any atom is 0.407 e. The van der Waals surface area contributed by atoms with Crippen molar-refractivity contribution in [2.24, 2.45) is 5.92 Å². The molecule has 0 spiro atoms. The Bertz CT molecular complexity index is 1100. The number of likely N-dealkylation sites (tertiary alicyclic amines) is 1. The van der Waals surface area contributed by atoms with Gasteiger partial charge in [-0.1, -0.05) is 60.7 Å². The zero-order valence-corrected chi connectivity index (χ0v) is 18.9. The van der Waals surface area contributed by atoms with Crippen LogP contribution in [0.2, 0.25) is 0 Å². The second-order valence-corrected chi connectivity index (χ2v) is 9.18. The molecule has 3 atom stereocenters. The molecule has 0 radical (unpaired) electrons. The van der Waals surface area contributed by atoms with E-state index in [9.17, 15) is 19.5 Å². The Balaban J connectivity index is 1.17. The molecule has 7 nitrogen and oxygen atoms in total. The topological polar surface area (TPSA) is 95.9 Å². The maximum atomic E-state index is 12.9. The summed E-state index contributed by atoms with van der Waals surface area (Å²) in [6, 6.07) is 15.3. The number of carbonyl (C=O) groups excluding carboxylic acids is 2. The molecule has 2 amide bonds. The summed E-state index contributed by atoms with van der Waals surface area (Å²) in [6.07, 6.45) is 5.56. The third kappa shape index (κ3) is 4.18. The van der Waals surface area contributed by atoms with E-state index in [1.165, 1.54) is 16.0 Å². The minimum atomic E-state index is -0.955. The van der Waals surface area contributed by atoms with Crippen LogP contribution in [0.25, 0.3) is 11.1 Å². The molecule has 0 aromatic heterocycles. The summed E-state index contributed by atoms with van der Waals surface area (Å²) in [7, 11) is 0. The highest BCUT2D eigenvalue weighted by molar-refractivity contribution is 5.87. The Morgan fingerprint density at radius 2 is 1.65 bits per heavy atom. The van der Waals surface area contributed by atoms with Crippen molar-refractivity contribution in [2.75, 3.05) is 13.2 Å². The van der Waals surface area contributed by atoms with Gasteiger partial charge in [0.15, 0.2) is 0 Å². The molecule has 2 aromatic rings. The van der Waals surface area contributed by atoms with Crippen LogP contribution in [0.15, 0.2) is 60.7 Å². The molecule has 2 aliphatic carbocycles. The number of carbonyl (C=O) groups is 3. The van der Waals surface area contributed by atoms with Gasteiger partial charge < -0.3 is 20.1 Å². The summed E-state index contributed by atoms with van der Waals surface area (Å²) < 4.78 is 5.61. The number of hydrogen-bond acceptors (Lipinski definition) is 4. The first-order valence-electron chi connectivity index (χ1n) is 11.9. The average molecular weight is 461 g/mol. The van der Waals surface area contributed by atoms with Gasteiger partial charge in [-0.3, -0.25) is 4.79 Å². The van der Waals surface area contributed by atoms with Gasteiger partial charge in [0, 0.05) is 12.5 Å². The summed E-state index contributed by atoms with van der Waals surface area (Å²) in [5.74, 6) is -1.58. The van der Waals surface area contributed by atoms with Gasteiger partial charge in [-0.15, -0.1) is 0 Å². The quantitative estimate of drug-likeness (QED) is 0.659. The molecule has 2 N–H and O–H groups in total. The van der Waals surface area contributed by atoms with Crippen molar-refractivity contribution in [3.05, 3.63) is 71.8 Å². The summed E-state index contributed by atoms with van der Waals surface area (Å²) >= 11 is 0. The molecule has 1 heterocycles. The highest BCUT2D eigenvalue weighted by atomic mass is 16.5. The number of ether oxygens (including phenoxy) is 1. The second kappa shape index (κ2) is 9.33. The lowest BCUT2D eigenvalue weighted by Gasteiger charge is -2.34. The van der Waals surface area contributed by atoms with E-state index in [1.54, 1.807) is 12.2 Å². The summed E-state index contributed by atoms with van der Waals surface area (Å²) in [4.78, 5) is 38.5. The first kappa shape index (κ1) is 22.2. The molecule has 7 heteroatoms. The van der Waals surface area contributed by atoms with E-state index in [4.69, 9.17) is 4.74 Å². The first-order valence-corrected chi connectivity index (χ1v) is 11.9. The Labute approximate surface area is 198 Å². The monoisotopic (exact) mass is 460 g/mol. The molecule has 176 valence electrons. The van der Waals surface area contributed by atoms with E-state index in [-0.39, 0.29) is 24.5 Å². The van der Waals surface area contributed by atoms with Gasteiger partial charge in [0.2, 0.25) is 5.91 Å². The summed E-state index contributed by atoms with van der Waals surface area (Å²) in [5, 5.41) is 12.3. The van der Waals surface area contributed by atoms with Gasteiger partial charge in [-0.05, 0) is 47.9 Å². The molecule has 0 bridgehead atoms. The minimum Gasteiger partial charge on any atom is -0.480 e. The van der Waals surface area contributed by atoms with Gasteiger partial charge in [-0.25, -0.2) is 9.59 Å². The molecule has 0 saturated carbocycles. The number of aliphatic carboxylic acids is 1. The third-order valence-electron chi connectivity index (χ3n) is 7.12. The van der Waals surface area contributed by atoms with Crippen molar-refractivity contribution in [1.29, 1.82) is 0 Å². The molecular weight excluding hydrogens is 432 g/mol. The van der Waals surface area contributed by atoms with Gasteiger partial charge in [0.1, 0.15) is 12.6 Å². The molecule has 34 heavy (non-hydrogen) atoms. The van der Waals surface area contributed by atoms with Crippen molar-refractivity contribution in [1.82, 2.24) is 10.2 Å². The molecule has 5 rings (SSSR count). The fraction of sp³-hybridized carbons (Fsp3) is 0.370. The van der Waals surface area contributed by atoms with E-state index in [2.05, 4.69) is 29.6 Å². The van der Waals surface area contributed by atoms with Crippen molar-refractivity contribution < 1.29 is 24.2 Å². The van der Waals surface area contributed by atoms with Gasteiger partial charge in [0.25, 0.3) is 0 Å². The number of carboxylic acids is 1. The number of nitrogens with one attached hydrogen (secondary N) is 1. The number of alkyl carbamates (subject to hydrolysis) is 1. The Morgan fingerprint density at radius 3 is 2.32 bits per heavy atom. The van der Waals surface area contributed by atoms with E-state index in [1.807, 2.05) is 24.3 Å². The first-order chi connectivity index (χ1) is 16.5. The van der Waals surface area contributed by atoms with E-state index in [0.29, 0.717) is 19.4 Å². The number of piperidine rings is 1. The van der Waals surface area contributed by atoms with Crippen molar-refractivity contribution >= 4 is 18.0 Å². The number of carboxylic acid groups (broad SMARTS) is 1. The van der Waals surface area contributed by atoms with Crippen LogP contribution < -0.4 is 5.32 Å². The highest BCUT2D eigenvalue weighted by Gasteiger charge is 2.37. The van der Waals surface area contributed by atoms with Crippen LogP contribution in [0.4, 0.5) is 4.79 Å². The van der Waals surface area contributed by atoms with Crippen LogP contribution in [0, 0.1) is 5.92 Å². The number of rotatable bonds is 5. The largest absolute Gasteiger partial charge is 0.480 e. The normalized spacial score (nSPS) is 23.3. The predicted molar refractivity (Wildman–Crippen MR) is 126 cm³/mol. The fourth-order valence-electron chi connectivity index (χ4n) is 5.45.